The summed E-state index contributed by atoms with van der Waals surface area (Å²) in [6.07, 6.45) is 9.82. The molecule has 0 aliphatic heterocycles. The second-order valence-electron chi connectivity index (χ2n) is 7.96. The Labute approximate surface area is 213 Å². The molecule has 1 N–H and O–H groups in total. The van der Waals surface area contributed by atoms with Gasteiger partial charge in [0.1, 0.15) is 5.75 Å². The molecule has 0 bridgehead atoms. The fraction of sp³-hybridized carbons (Fsp3) is 0.387. The molecule has 2 aromatic carbocycles. The average molecular weight is 479 g/mol. The average Bonchev–Trinajstić information content (AvgIpc) is 3.25. The minimum absolute atomic E-state index is 0.0432. The molecule has 0 spiro atoms. The van der Waals surface area contributed by atoms with Crippen LogP contribution in [0.3, 0.4) is 0 Å². The summed E-state index contributed by atoms with van der Waals surface area (Å²) in [5, 5.41) is 0. The van der Waals surface area contributed by atoms with E-state index in [1.165, 1.54) is 11.1 Å². The van der Waals surface area contributed by atoms with Crippen LogP contribution in [-0.2, 0) is 19.4 Å². The molecular weight excluding hydrogens is 432 g/mol. The van der Waals surface area contributed by atoms with Gasteiger partial charge in [-0.3, -0.25) is 4.57 Å². The second-order valence-corrected chi connectivity index (χ2v) is 7.96. The van der Waals surface area contributed by atoms with Crippen molar-refractivity contribution in [2.24, 2.45) is 0 Å². The van der Waals surface area contributed by atoms with Gasteiger partial charge in [0.25, 0.3) is 0 Å². The van der Waals surface area contributed by atoms with Gasteiger partial charge in [-0.25, -0.2) is 4.79 Å². The molecule has 0 aliphatic rings. The Morgan fingerprint density at radius 3 is 2.06 bits per heavy atom. The normalized spacial score (nSPS) is 9.23. The van der Waals surface area contributed by atoms with Crippen molar-refractivity contribution in [2.45, 2.75) is 73.8 Å². The van der Waals surface area contributed by atoms with E-state index in [0.717, 1.165) is 42.7 Å². The number of rotatable bonds is 8. The fourth-order valence-electron chi connectivity index (χ4n) is 2.79. The monoisotopic (exact) mass is 478 g/mol. The van der Waals surface area contributed by atoms with Gasteiger partial charge in [0, 0.05) is 11.9 Å². The van der Waals surface area contributed by atoms with E-state index in [0.29, 0.717) is 6.54 Å². The van der Waals surface area contributed by atoms with Gasteiger partial charge < -0.3 is 9.72 Å². The molecule has 0 radical (unpaired) electrons. The molecule has 1 aromatic heterocycles. The van der Waals surface area contributed by atoms with E-state index in [-0.39, 0.29) is 5.69 Å². The summed E-state index contributed by atoms with van der Waals surface area (Å²) in [4.78, 5) is 15.0. The molecule has 3 rings (SSSR count). The number of imidazole rings is 1. The number of aryl methyl sites for hydroxylation is 2. The van der Waals surface area contributed by atoms with Crippen LogP contribution >= 0.6 is 0 Å². The SMILES string of the molecule is C=CCC.CC.CC=C(C)C.COc1ccc(CCCc2cn(Cc3ccccc3)c(=O)[nH]2)cc1. The molecule has 4 nitrogen and oxygen atoms in total. The zero-order chi connectivity index (χ0) is 26.5. The van der Waals surface area contributed by atoms with Crippen LogP contribution in [0.5, 0.6) is 5.75 Å². The van der Waals surface area contributed by atoms with Crippen LogP contribution in [0.25, 0.3) is 0 Å². The largest absolute Gasteiger partial charge is 0.497 e. The van der Waals surface area contributed by atoms with Crippen LogP contribution in [0, 0.1) is 0 Å². The fourth-order valence-corrected chi connectivity index (χ4v) is 2.79. The van der Waals surface area contributed by atoms with Gasteiger partial charge in [0.15, 0.2) is 0 Å². The van der Waals surface area contributed by atoms with Crippen LogP contribution in [0.2, 0.25) is 0 Å². The van der Waals surface area contributed by atoms with Crippen molar-refractivity contribution in [1.82, 2.24) is 9.55 Å². The zero-order valence-electron chi connectivity index (χ0n) is 22.9. The highest BCUT2D eigenvalue weighted by Gasteiger charge is 2.04. The third-order valence-electron chi connectivity index (χ3n) is 4.97. The number of nitrogens with zero attached hydrogens (tertiary/aromatic N) is 1. The topological polar surface area (TPSA) is 47.0 Å². The van der Waals surface area contributed by atoms with E-state index in [1.54, 1.807) is 11.7 Å². The van der Waals surface area contributed by atoms with Gasteiger partial charge in [-0.15, -0.1) is 6.58 Å². The number of hydrogen-bond donors (Lipinski definition) is 1. The summed E-state index contributed by atoms with van der Waals surface area (Å²) in [5.41, 5.74) is 4.73. The molecule has 0 saturated heterocycles. The maximum atomic E-state index is 12.0. The number of aromatic nitrogens is 2. The van der Waals surface area contributed by atoms with Gasteiger partial charge in [-0.05, 0) is 69.7 Å². The Morgan fingerprint density at radius 1 is 1.00 bits per heavy atom. The van der Waals surface area contributed by atoms with Crippen LogP contribution in [-0.4, -0.2) is 16.7 Å². The van der Waals surface area contributed by atoms with E-state index in [2.05, 4.69) is 50.5 Å². The lowest BCUT2D eigenvalue weighted by molar-refractivity contribution is 0.414. The lowest BCUT2D eigenvalue weighted by Gasteiger charge is -2.03. The number of methoxy groups -OCH3 is 1. The van der Waals surface area contributed by atoms with Crippen molar-refractivity contribution < 1.29 is 4.74 Å². The van der Waals surface area contributed by atoms with Gasteiger partial charge in [-0.2, -0.15) is 0 Å². The van der Waals surface area contributed by atoms with Crippen LogP contribution in [0.4, 0.5) is 0 Å². The van der Waals surface area contributed by atoms with Crippen LogP contribution < -0.4 is 10.4 Å². The third kappa shape index (κ3) is 14.6. The summed E-state index contributed by atoms with van der Waals surface area (Å²) >= 11 is 0. The second kappa shape index (κ2) is 20.1. The number of H-pyrrole nitrogens is 1. The Hall–Kier alpha value is -3.27. The molecule has 1 heterocycles. The summed E-state index contributed by atoms with van der Waals surface area (Å²) < 4.78 is 6.90. The molecule has 0 atom stereocenters. The lowest BCUT2D eigenvalue weighted by Crippen LogP contribution is -2.16. The quantitative estimate of drug-likeness (QED) is 0.333. The molecule has 0 saturated carbocycles. The lowest BCUT2D eigenvalue weighted by atomic mass is 10.1. The van der Waals surface area contributed by atoms with Crippen molar-refractivity contribution in [3.8, 4) is 5.75 Å². The first-order chi connectivity index (χ1) is 16.9. The highest BCUT2D eigenvalue weighted by atomic mass is 16.5. The highest BCUT2D eigenvalue weighted by molar-refractivity contribution is 5.27. The first kappa shape index (κ1) is 31.7. The summed E-state index contributed by atoms with van der Waals surface area (Å²) in [5.74, 6) is 0.876. The first-order valence-corrected chi connectivity index (χ1v) is 12.6. The zero-order valence-corrected chi connectivity index (χ0v) is 22.9. The van der Waals surface area contributed by atoms with Crippen LogP contribution in [0.15, 0.2) is 89.9 Å². The van der Waals surface area contributed by atoms with Crippen molar-refractivity contribution >= 4 is 0 Å². The molecule has 0 amide bonds. The van der Waals surface area contributed by atoms with E-state index < -0.39 is 0 Å². The maximum Gasteiger partial charge on any atom is 0.326 e. The summed E-state index contributed by atoms with van der Waals surface area (Å²) in [7, 11) is 1.67. The number of benzene rings is 2. The Kier molecular flexibility index (Phi) is 18.3. The number of nitrogens with one attached hydrogen (secondary N) is 1. The first-order valence-electron chi connectivity index (χ1n) is 12.6. The Balaban J connectivity index is 0.000000892. The highest BCUT2D eigenvalue weighted by Crippen LogP contribution is 2.13. The summed E-state index contributed by atoms with van der Waals surface area (Å²) in [6.45, 7) is 16.4. The number of hydrogen-bond acceptors (Lipinski definition) is 2. The molecule has 192 valence electrons. The molecule has 4 heteroatoms. The number of allylic oxidation sites excluding steroid dienone is 3. The predicted octanol–water partition coefficient (Wildman–Crippen LogP) is 7.99. The molecule has 0 fully saturated rings. The van der Waals surface area contributed by atoms with Gasteiger partial charge in [0.05, 0.1) is 13.7 Å². The Bertz CT molecular complexity index is 992. The number of ether oxygens (including phenoxy) is 1. The van der Waals surface area contributed by atoms with Crippen molar-refractivity contribution in [3.05, 3.63) is 112 Å². The molecular formula is C31H46N2O2. The molecule has 35 heavy (non-hydrogen) atoms. The smallest absolute Gasteiger partial charge is 0.326 e. The minimum atomic E-state index is -0.0432. The standard InChI is InChI=1S/C20H22N2O2.C5H10.C4H8.C2H6/c1-24-19-12-10-16(11-13-19)8-5-9-18-15-22(20(23)21-18)14-17-6-3-2-4-7-17;1-4-5(2)3;1-3-4-2;1-2/h2-4,6-7,10-13,15H,5,8-9,14H2,1H3,(H,21,23);4H,1-3H3;3H,1,4H2,2H3;1-2H3. The van der Waals surface area contributed by atoms with Crippen molar-refractivity contribution in [2.75, 3.05) is 7.11 Å². The third-order valence-corrected chi connectivity index (χ3v) is 4.97. The van der Waals surface area contributed by atoms with Gasteiger partial charge in [0.2, 0.25) is 0 Å². The Morgan fingerprint density at radius 2 is 1.57 bits per heavy atom. The maximum absolute atomic E-state index is 12.0. The van der Waals surface area contributed by atoms with E-state index in [9.17, 15) is 4.79 Å². The molecule has 0 aliphatic carbocycles. The van der Waals surface area contributed by atoms with Gasteiger partial charge in [-0.1, -0.05) is 81.0 Å². The van der Waals surface area contributed by atoms with E-state index in [1.807, 2.05) is 75.5 Å². The van der Waals surface area contributed by atoms with Crippen LogP contribution in [0.1, 0.15) is 71.2 Å². The van der Waals surface area contributed by atoms with Crippen molar-refractivity contribution in [3.63, 3.8) is 0 Å². The number of aromatic amines is 1. The summed E-state index contributed by atoms with van der Waals surface area (Å²) in [6, 6.07) is 18.1. The van der Waals surface area contributed by atoms with Gasteiger partial charge >= 0.3 is 5.69 Å². The van der Waals surface area contributed by atoms with E-state index in [4.69, 9.17) is 4.74 Å². The van der Waals surface area contributed by atoms with Crippen molar-refractivity contribution in [1.29, 1.82) is 0 Å². The molecule has 0 unspecified atom stereocenters. The predicted molar refractivity (Wildman–Crippen MR) is 153 cm³/mol. The minimum Gasteiger partial charge on any atom is -0.497 e. The molecule has 3 aromatic rings. The van der Waals surface area contributed by atoms with E-state index >= 15 is 0 Å².